The summed E-state index contributed by atoms with van der Waals surface area (Å²) >= 11 is 2.06. The van der Waals surface area contributed by atoms with Crippen molar-refractivity contribution in [3.63, 3.8) is 0 Å². The molecule has 1 atom stereocenters. The molecule has 1 fully saturated rings. The summed E-state index contributed by atoms with van der Waals surface area (Å²) in [7, 11) is 0. The highest BCUT2D eigenvalue weighted by Gasteiger charge is 2.11. The first-order valence-corrected chi connectivity index (χ1v) is 5.82. The molecule has 0 aliphatic carbocycles. The lowest BCUT2D eigenvalue weighted by Crippen LogP contribution is -2.12. The number of ether oxygens (including phenoxy) is 1. The molecule has 1 heterocycles. The second-order valence-corrected chi connectivity index (χ2v) is 4.60. The van der Waals surface area contributed by atoms with Gasteiger partial charge in [0.05, 0.1) is 12.9 Å². The van der Waals surface area contributed by atoms with Gasteiger partial charge in [-0.3, -0.25) is 0 Å². The van der Waals surface area contributed by atoms with Crippen molar-refractivity contribution in [2.75, 3.05) is 12.4 Å². The van der Waals surface area contributed by atoms with Crippen LogP contribution in [-0.2, 0) is 4.74 Å². The maximum atomic E-state index is 5.21. The molecule has 0 N–H and O–H groups in total. The molecule has 0 aromatic heterocycles. The van der Waals surface area contributed by atoms with Gasteiger partial charge < -0.3 is 4.74 Å². The lowest BCUT2D eigenvalue weighted by molar-refractivity contribution is 0.246. The average Bonchev–Trinajstić information content (AvgIpc) is 2.02. The van der Waals surface area contributed by atoms with Crippen LogP contribution in [0.4, 0.5) is 0 Å². The van der Waals surface area contributed by atoms with Crippen molar-refractivity contribution in [2.45, 2.75) is 37.4 Å². The monoisotopic (exact) mass is 186 g/mol. The molecular formula is C10H18OS. The Morgan fingerprint density at radius 3 is 3.00 bits per heavy atom. The van der Waals surface area contributed by atoms with E-state index in [2.05, 4.69) is 18.3 Å². The quantitative estimate of drug-likeness (QED) is 0.626. The Hall–Kier alpha value is -0.110. The maximum absolute atomic E-state index is 5.21. The fourth-order valence-corrected chi connectivity index (χ4v) is 2.68. The molecule has 0 bridgehead atoms. The molecule has 0 amide bonds. The molecule has 0 radical (unpaired) electrons. The second kappa shape index (κ2) is 6.41. The Labute approximate surface area is 79.6 Å². The molecule has 1 rings (SSSR count). The Bertz CT molecular complexity index is 117. The normalized spacial score (nSPS) is 25.5. The highest BCUT2D eigenvalue weighted by molar-refractivity contribution is 7.99. The SMILES string of the molecule is C=COCC1CCCCCCS1. The van der Waals surface area contributed by atoms with Crippen LogP contribution in [0.1, 0.15) is 32.1 Å². The molecule has 1 aliphatic heterocycles. The van der Waals surface area contributed by atoms with E-state index in [4.69, 9.17) is 4.74 Å². The van der Waals surface area contributed by atoms with Crippen LogP contribution in [0.25, 0.3) is 0 Å². The summed E-state index contributed by atoms with van der Waals surface area (Å²) in [6.07, 6.45) is 8.46. The minimum atomic E-state index is 0.711. The standard InChI is InChI=1S/C10H18OS/c1-2-11-9-10-7-5-3-4-6-8-12-10/h2,10H,1,3-9H2. The zero-order chi connectivity index (χ0) is 8.65. The van der Waals surface area contributed by atoms with E-state index in [1.165, 1.54) is 37.9 Å². The van der Waals surface area contributed by atoms with Crippen LogP contribution >= 0.6 is 11.8 Å². The fourth-order valence-electron chi connectivity index (χ4n) is 1.47. The van der Waals surface area contributed by atoms with E-state index < -0.39 is 0 Å². The molecule has 1 unspecified atom stereocenters. The van der Waals surface area contributed by atoms with Crippen LogP contribution in [0.3, 0.4) is 0 Å². The van der Waals surface area contributed by atoms with E-state index in [-0.39, 0.29) is 0 Å². The van der Waals surface area contributed by atoms with Gasteiger partial charge in [-0.25, -0.2) is 0 Å². The summed E-state index contributed by atoms with van der Waals surface area (Å²) in [4.78, 5) is 0. The molecule has 0 aromatic carbocycles. The average molecular weight is 186 g/mol. The Morgan fingerprint density at radius 1 is 1.33 bits per heavy atom. The fraction of sp³-hybridized carbons (Fsp3) is 0.800. The van der Waals surface area contributed by atoms with Crippen LogP contribution in [0.2, 0.25) is 0 Å². The summed E-state index contributed by atoms with van der Waals surface area (Å²) in [6, 6.07) is 0. The van der Waals surface area contributed by atoms with Gasteiger partial charge in [0, 0.05) is 5.25 Å². The highest BCUT2D eigenvalue weighted by Crippen LogP contribution is 2.23. The van der Waals surface area contributed by atoms with Crippen LogP contribution in [0.5, 0.6) is 0 Å². The summed E-state index contributed by atoms with van der Waals surface area (Å²) in [6.45, 7) is 4.41. The first kappa shape index (κ1) is 9.97. The van der Waals surface area contributed by atoms with Gasteiger partial charge >= 0.3 is 0 Å². The van der Waals surface area contributed by atoms with Gasteiger partial charge in [0.15, 0.2) is 0 Å². The third kappa shape index (κ3) is 4.05. The van der Waals surface area contributed by atoms with E-state index in [9.17, 15) is 0 Å². The van der Waals surface area contributed by atoms with E-state index >= 15 is 0 Å². The van der Waals surface area contributed by atoms with Crippen molar-refractivity contribution in [3.8, 4) is 0 Å². The highest BCUT2D eigenvalue weighted by atomic mass is 32.2. The number of rotatable bonds is 3. The minimum absolute atomic E-state index is 0.711. The molecule has 0 aromatic rings. The van der Waals surface area contributed by atoms with Crippen molar-refractivity contribution in [2.24, 2.45) is 0 Å². The second-order valence-electron chi connectivity index (χ2n) is 3.20. The molecule has 1 saturated heterocycles. The van der Waals surface area contributed by atoms with Gasteiger partial charge in [-0.1, -0.05) is 25.8 Å². The molecule has 1 nitrogen and oxygen atoms in total. The van der Waals surface area contributed by atoms with Crippen molar-refractivity contribution < 1.29 is 4.74 Å². The van der Waals surface area contributed by atoms with Gasteiger partial charge in [-0.2, -0.15) is 11.8 Å². The molecule has 0 saturated carbocycles. The largest absolute Gasteiger partial charge is 0.501 e. The summed E-state index contributed by atoms with van der Waals surface area (Å²) in [5.74, 6) is 1.31. The molecule has 0 spiro atoms. The predicted octanol–water partition coefficient (Wildman–Crippen LogP) is 3.21. The van der Waals surface area contributed by atoms with Gasteiger partial charge in [0.25, 0.3) is 0 Å². The van der Waals surface area contributed by atoms with Crippen molar-refractivity contribution >= 4 is 11.8 Å². The number of thioether (sulfide) groups is 1. The topological polar surface area (TPSA) is 9.23 Å². The van der Waals surface area contributed by atoms with Gasteiger partial charge in [0.2, 0.25) is 0 Å². The van der Waals surface area contributed by atoms with Crippen molar-refractivity contribution in [1.29, 1.82) is 0 Å². The smallest absolute Gasteiger partial charge is 0.0991 e. The molecule has 1 aliphatic rings. The van der Waals surface area contributed by atoms with Crippen LogP contribution in [0.15, 0.2) is 12.8 Å². The zero-order valence-electron chi connectivity index (χ0n) is 7.63. The first-order chi connectivity index (χ1) is 5.93. The van der Waals surface area contributed by atoms with Gasteiger partial charge in [-0.15, -0.1) is 0 Å². The molecule has 70 valence electrons. The minimum Gasteiger partial charge on any atom is -0.501 e. The van der Waals surface area contributed by atoms with Gasteiger partial charge in [-0.05, 0) is 18.6 Å². The van der Waals surface area contributed by atoms with Crippen LogP contribution < -0.4 is 0 Å². The van der Waals surface area contributed by atoms with Crippen molar-refractivity contribution in [3.05, 3.63) is 12.8 Å². The summed E-state index contributed by atoms with van der Waals surface area (Å²) < 4.78 is 5.21. The van der Waals surface area contributed by atoms with Crippen LogP contribution in [0, 0.1) is 0 Å². The molecule has 2 heteroatoms. The Morgan fingerprint density at radius 2 is 2.17 bits per heavy atom. The zero-order valence-corrected chi connectivity index (χ0v) is 8.44. The summed E-state index contributed by atoms with van der Waals surface area (Å²) in [5.41, 5.74) is 0. The lowest BCUT2D eigenvalue weighted by atomic mass is 10.1. The molecular weight excluding hydrogens is 168 g/mol. The van der Waals surface area contributed by atoms with E-state index in [0.717, 1.165) is 6.61 Å². The number of hydrogen-bond donors (Lipinski definition) is 0. The number of hydrogen-bond acceptors (Lipinski definition) is 2. The first-order valence-electron chi connectivity index (χ1n) is 4.77. The molecule has 12 heavy (non-hydrogen) atoms. The van der Waals surface area contributed by atoms with E-state index in [1.54, 1.807) is 6.26 Å². The summed E-state index contributed by atoms with van der Waals surface area (Å²) in [5, 5.41) is 0.711. The Balaban J connectivity index is 2.15. The van der Waals surface area contributed by atoms with Crippen LogP contribution in [-0.4, -0.2) is 17.6 Å². The van der Waals surface area contributed by atoms with Gasteiger partial charge in [0.1, 0.15) is 0 Å². The Kier molecular flexibility index (Phi) is 5.33. The predicted molar refractivity (Wildman–Crippen MR) is 55.5 cm³/mol. The third-order valence-electron chi connectivity index (χ3n) is 2.17. The van der Waals surface area contributed by atoms with E-state index in [0.29, 0.717) is 5.25 Å². The van der Waals surface area contributed by atoms with Crippen molar-refractivity contribution in [1.82, 2.24) is 0 Å². The van der Waals surface area contributed by atoms with E-state index in [1.807, 2.05) is 0 Å². The lowest BCUT2D eigenvalue weighted by Gasteiger charge is -2.18. The maximum Gasteiger partial charge on any atom is 0.0991 e. The third-order valence-corrected chi connectivity index (χ3v) is 3.54.